The molecule has 1 saturated heterocycles. The minimum absolute atomic E-state index is 0.135. The minimum Gasteiger partial charge on any atom is -0.488 e. The van der Waals surface area contributed by atoms with E-state index in [1.807, 2.05) is 24.1 Å². The molecule has 2 heterocycles. The maximum atomic E-state index is 6.18. The zero-order chi connectivity index (χ0) is 19.8. The molecule has 0 amide bonds. The summed E-state index contributed by atoms with van der Waals surface area (Å²) < 4.78 is 13.4. The fourth-order valence-corrected chi connectivity index (χ4v) is 3.12. The van der Waals surface area contributed by atoms with Crippen LogP contribution in [0.25, 0.3) is 0 Å². The van der Waals surface area contributed by atoms with Crippen LogP contribution < -0.4 is 15.4 Å². The molecule has 28 heavy (non-hydrogen) atoms. The third-order valence-electron chi connectivity index (χ3n) is 4.62. The third-order valence-corrected chi connectivity index (χ3v) is 4.62. The number of aromatic nitrogens is 2. The number of nitrogens with one attached hydrogen (secondary N) is 2. The van der Waals surface area contributed by atoms with Crippen LogP contribution >= 0.6 is 0 Å². The van der Waals surface area contributed by atoms with Crippen molar-refractivity contribution in [1.82, 2.24) is 20.4 Å². The smallest absolute Gasteiger partial charge is 0.191 e. The van der Waals surface area contributed by atoms with Gasteiger partial charge in [0.15, 0.2) is 5.96 Å². The summed E-state index contributed by atoms with van der Waals surface area (Å²) in [4.78, 5) is 4.75. The fourth-order valence-electron chi connectivity index (χ4n) is 3.12. The number of benzene rings is 1. The molecule has 1 fully saturated rings. The molecule has 0 aliphatic carbocycles. The summed E-state index contributed by atoms with van der Waals surface area (Å²) >= 11 is 0. The fraction of sp³-hybridized carbons (Fsp3) is 0.524. The predicted octanol–water partition coefficient (Wildman–Crippen LogP) is 2.19. The van der Waals surface area contributed by atoms with E-state index < -0.39 is 0 Å². The van der Waals surface area contributed by atoms with E-state index in [2.05, 4.69) is 47.8 Å². The van der Waals surface area contributed by atoms with Gasteiger partial charge in [0.25, 0.3) is 0 Å². The van der Waals surface area contributed by atoms with E-state index in [0.717, 1.165) is 49.8 Å². The average Bonchev–Trinajstić information content (AvgIpc) is 3.32. The number of aryl methyl sites for hydroxylation is 2. The molecular weight excluding hydrogens is 354 g/mol. The van der Waals surface area contributed by atoms with Crippen LogP contribution in [0, 0.1) is 6.92 Å². The predicted molar refractivity (Wildman–Crippen MR) is 111 cm³/mol. The van der Waals surface area contributed by atoms with Gasteiger partial charge in [-0.05, 0) is 37.5 Å². The zero-order valence-corrected chi connectivity index (χ0v) is 17.1. The van der Waals surface area contributed by atoms with Crippen LogP contribution in [-0.2, 0) is 24.8 Å². The van der Waals surface area contributed by atoms with Crippen molar-refractivity contribution in [1.29, 1.82) is 0 Å². The number of rotatable bonds is 8. The monoisotopic (exact) mass is 385 g/mol. The van der Waals surface area contributed by atoms with Crippen LogP contribution in [0.3, 0.4) is 0 Å². The van der Waals surface area contributed by atoms with E-state index in [0.29, 0.717) is 13.2 Å². The lowest BCUT2D eigenvalue weighted by molar-refractivity contribution is 0.140. The molecule has 2 N–H and O–H groups in total. The Morgan fingerprint density at radius 1 is 1.39 bits per heavy atom. The van der Waals surface area contributed by atoms with Crippen LogP contribution in [0.4, 0.5) is 0 Å². The van der Waals surface area contributed by atoms with Crippen LogP contribution in [0.15, 0.2) is 35.6 Å². The summed E-state index contributed by atoms with van der Waals surface area (Å²) in [6.07, 6.45) is 5.91. The highest BCUT2D eigenvalue weighted by atomic mass is 16.5. The van der Waals surface area contributed by atoms with Crippen molar-refractivity contribution >= 4 is 5.96 Å². The summed E-state index contributed by atoms with van der Waals surface area (Å²) in [5, 5.41) is 10.9. The Morgan fingerprint density at radius 2 is 2.29 bits per heavy atom. The molecule has 0 bridgehead atoms. The number of hydrogen-bond acceptors (Lipinski definition) is 4. The number of hydrogen-bond donors (Lipinski definition) is 2. The van der Waals surface area contributed by atoms with E-state index in [1.165, 1.54) is 11.1 Å². The molecule has 7 nitrogen and oxygen atoms in total. The molecule has 7 heteroatoms. The highest BCUT2D eigenvalue weighted by Crippen LogP contribution is 2.24. The first-order valence-electron chi connectivity index (χ1n) is 9.97. The highest BCUT2D eigenvalue weighted by Gasteiger charge is 2.18. The van der Waals surface area contributed by atoms with Gasteiger partial charge in [0.1, 0.15) is 11.9 Å². The largest absolute Gasteiger partial charge is 0.488 e. The van der Waals surface area contributed by atoms with Gasteiger partial charge in [0.05, 0.1) is 26.0 Å². The quantitative estimate of drug-likeness (QED) is 0.538. The molecule has 1 aliphatic heterocycles. The lowest BCUT2D eigenvalue weighted by atomic mass is 10.1. The van der Waals surface area contributed by atoms with Gasteiger partial charge in [-0.25, -0.2) is 4.99 Å². The first kappa shape index (κ1) is 20.2. The van der Waals surface area contributed by atoms with Crippen LogP contribution in [-0.4, -0.2) is 48.1 Å². The normalized spacial score (nSPS) is 17.0. The van der Waals surface area contributed by atoms with Gasteiger partial charge in [0, 0.05) is 38.3 Å². The molecule has 0 radical (unpaired) electrons. The molecule has 0 saturated carbocycles. The lowest BCUT2D eigenvalue weighted by Crippen LogP contribution is -2.38. The second kappa shape index (κ2) is 10.1. The minimum atomic E-state index is 0.135. The van der Waals surface area contributed by atoms with E-state index in [4.69, 9.17) is 14.5 Å². The summed E-state index contributed by atoms with van der Waals surface area (Å²) in [7, 11) is 1.93. The summed E-state index contributed by atoms with van der Waals surface area (Å²) in [5.74, 6) is 1.72. The first-order valence-corrected chi connectivity index (χ1v) is 9.97. The Hall–Kier alpha value is -2.54. The number of guanidine groups is 1. The third kappa shape index (κ3) is 5.99. The molecule has 1 atom stereocenters. The second-order valence-corrected chi connectivity index (χ2v) is 7.11. The Balaban J connectivity index is 1.61. The van der Waals surface area contributed by atoms with Gasteiger partial charge in [-0.3, -0.25) is 4.68 Å². The molecule has 0 spiro atoms. The molecule has 2 aromatic rings. The van der Waals surface area contributed by atoms with Crippen LogP contribution in [0.2, 0.25) is 0 Å². The number of aliphatic imine (C=N–C) groups is 1. The average molecular weight is 386 g/mol. The standard InChI is InChI=1S/C21H31N5O2/c1-4-22-21(23-9-7-17-12-25-26(3)14-17)24-13-18-6-5-16(2)11-20(18)28-19-8-10-27-15-19/h5-6,11-12,14,19H,4,7-10,13,15H2,1-3H3,(H2,22,23,24). The molecule has 1 aromatic heterocycles. The van der Waals surface area contributed by atoms with Gasteiger partial charge in [-0.1, -0.05) is 12.1 Å². The van der Waals surface area contributed by atoms with Crippen molar-refractivity contribution in [2.45, 2.75) is 39.3 Å². The van der Waals surface area contributed by atoms with Gasteiger partial charge >= 0.3 is 0 Å². The Kier molecular flexibility index (Phi) is 7.31. The molecule has 3 rings (SSSR count). The van der Waals surface area contributed by atoms with Crippen molar-refractivity contribution in [3.8, 4) is 5.75 Å². The van der Waals surface area contributed by atoms with Crippen molar-refractivity contribution in [3.05, 3.63) is 47.3 Å². The van der Waals surface area contributed by atoms with E-state index in [1.54, 1.807) is 0 Å². The lowest BCUT2D eigenvalue weighted by Gasteiger charge is -2.16. The van der Waals surface area contributed by atoms with Crippen LogP contribution in [0.1, 0.15) is 30.0 Å². The van der Waals surface area contributed by atoms with Crippen molar-refractivity contribution in [2.75, 3.05) is 26.3 Å². The topological polar surface area (TPSA) is 72.7 Å². The molecule has 1 aliphatic rings. The highest BCUT2D eigenvalue weighted by molar-refractivity contribution is 5.79. The SMILES string of the molecule is CCNC(=NCc1ccc(C)cc1OC1CCOC1)NCCc1cnn(C)c1. The molecule has 152 valence electrons. The van der Waals surface area contributed by atoms with Crippen molar-refractivity contribution in [3.63, 3.8) is 0 Å². The van der Waals surface area contributed by atoms with E-state index >= 15 is 0 Å². The van der Waals surface area contributed by atoms with E-state index in [-0.39, 0.29) is 6.10 Å². The van der Waals surface area contributed by atoms with Gasteiger partial charge in [0.2, 0.25) is 0 Å². The van der Waals surface area contributed by atoms with Gasteiger partial charge in [-0.2, -0.15) is 5.10 Å². The maximum absolute atomic E-state index is 6.18. The zero-order valence-electron chi connectivity index (χ0n) is 17.1. The van der Waals surface area contributed by atoms with Crippen LogP contribution in [0.5, 0.6) is 5.75 Å². The van der Waals surface area contributed by atoms with Gasteiger partial charge in [-0.15, -0.1) is 0 Å². The van der Waals surface area contributed by atoms with E-state index in [9.17, 15) is 0 Å². The maximum Gasteiger partial charge on any atom is 0.191 e. The Labute approximate surface area is 167 Å². The Bertz CT molecular complexity index is 781. The summed E-state index contributed by atoms with van der Waals surface area (Å²) in [6, 6.07) is 6.29. The van der Waals surface area contributed by atoms with Crippen molar-refractivity contribution < 1.29 is 9.47 Å². The molecule has 1 aromatic carbocycles. The second-order valence-electron chi connectivity index (χ2n) is 7.11. The molecular formula is C21H31N5O2. The molecule has 1 unspecified atom stereocenters. The number of ether oxygens (including phenoxy) is 2. The first-order chi connectivity index (χ1) is 13.6. The Morgan fingerprint density at radius 3 is 3.00 bits per heavy atom. The van der Waals surface area contributed by atoms with Gasteiger partial charge < -0.3 is 20.1 Å². The summed E-state index contributed by atoms with van der Waals surface area (Å²) in [6.45, 7) is 7.76. The number of nitrogens with zero attached hydrogens (tertiary/aromatic N) is 3. The van der Waals surface area contributed by atoms with Crippen molar-refractivity contribution in [2.24, 2.45) is 12.0 Å². The summed E-state index contributed by atoms with van der Waals surface area (Å²) in [5.41, 5.74) is 3.48.